The molecule has 3 heteroatoms. The van der Waals surface area contributed by atoms with Crippen LogP contribution in [0.15, 0.2) is 12.2 Å². The van der Waals surface area contributed by atoms with Crippen molar-refractivity contribution in [3.05, 3.63) is 12.2 Å². The van der Waals surface area contributed by atoms with Gasteiger partial charge in [0, 0.05) is 13.1 Å². The van der Waals surface area contributed by atoms with Crippen molar-refractivity contribution >= 4 is 5.91 Å². The summed E-state index contributed by atoms with van der Waals surface area (Å²) in [6, 6.07) is 0. The van der Waals surface area contributed by atoms with Crippen molar-refractivity contribution in [2.24, 2.45) is 0 Å². The summed E-state index contributed by atoms with van der Waals surface area (Å²) in [5, 5.41) is 0. The number of rotatable bonds is 2. The first-order valence-electron chi connectivity index (χ1n) is 4.81. The number of allylic oxidation sites excluding steroid dienone is 1. The molecule has 1 unspecified atom stereocenters. The zero-order valence-corrected chi connectivity index (χ0v) is 8.32. The van der Waals surface area contributed by atoms with E-state index < -0.39 is 0 Å². The van der Waals surface area contributed by atoms with Crippen molar-refractivity contribution in [3.63, 3.8) is 0 Å². The van der Waals surface area contributed by atoms with E-state index in [1.54, 1.807) is 12.2 Å². The van der Waals surface area contributed by atoms with Gasteiger partial charge in [-0.3, -0.25) is 4.79 Å². The number of carbonyl (C=O) groups is 1. The standard InChI is InChI=1S/C10H17NO2/c1-3-5-10(12)11-6-7-13-9(4-2)8-11/h3,5,9H,4,6-8H2,1-2H3/b5-3+. The molecule has 1 amide bonds. The second-order valence-corrected chi connectivity index (χ2v) is 3.19. The normalized spacial score (nSPS) is 23.8. The number of hydrogen-bond acceptors (Lipinski definition) is 2. The molecule has 0 N–H and O–H groups in total. The minimum atomic E-state index is 0.101. The number of morpholine rings is 1. The van der Waals surface area contributed by atoms with Gasteiger partial charge in [0.1, 0.15) is 0 Å². The molecular formula is C10H17NO2. The van der Waals surface area contributed by atoms with E-state index in [0.717, 1.165) is 19.5 Å². The van der Waals surface area contributed by atoms with Crippen molar-refractivity contribution in [2.45, 2.75) is 26.4 Å². The average molecular weight is 183 g/mol. The Hall–Kier alpha value is -0.830. The highest BCUT2D eigenvalue weighted by atomic mass is 16.5. The lowest BCUT2D eigenvalue weighted by Crippen LogP contribution is -2.44. The second kappa shape index (κ2) is 5.02. The Morgan fingerprint density at radius 1 is 1.69 bits per heavy atom. The molecule has 0 aromatic rings. The number of amides is 1. The fourth-order valence-corrected chi connectivity index (χ4v) is 1.41. The SMILES string of the molecule is C/C=C/C(=O)N1CCOC(CC)C1. The van der Waals surface area contributed by atoms with Gasteiger partial charge in [-0.2, -0.15) is 0 Å². The van der Waals surface area contributed by atoms with E-state index in [0.29, 0.717) is 6.61 Å². The maximum atomic E-state index is 11.4. The van der Waals surface area contributed by atoms with Gasteiger partial charge < -0.3 is 9.64 Å². The first kappa shape index (κ1) is 10.3. The largest absolute Gasteiger partial charge is 0.375 e. The van der Waals surface area contributed by atoms with Crippen molar-refractivity contribution in [1.29, 1.82) is 0 Å². The Bertz CT molecular complexity index is 201. The quantitative estimate of drug-likeness (QED) is 0.602. The van der Waals surface area contributed by atoms with E-state index in [9.17, 15) is 4.79 Å². The lowest BCUT2D eigenvalue weighted by Gasteiger charge is -2.31. The first-order chi connectivity index (χ1) is 6.27. The Morgan fingerprint density at radius 3 is 3.08 bits per heavy atom. The molecule has 0 spiro atoms. The highest BCUT2D eigenvalue weighted by molar-refractivity contribution is 5.87. The molecule has 0 saturated carbocycles. The van der Waals surface area contributed by atoms with Crippen LogP contribution in [-0.2, 0) is 9.53 Å². The van der Waals surface area contributed by atoms with E-state index in [1.807, 2.05) is 11.8 Å². The fraction of sp³-hybridized carbons (Fsp3) is 0.700. The third-order valence-electron chi connectivity index (χ3n) is 2.22. The molecule has 0 aromatic heterocycles. The van der Waals surface area contributed by atoms with Crippen LogP contribution in [0.2, 0.25) is 0 Å². The van der Waals surface area contributed by atoms with Gasteiger partial charge in [0.25, 0.3) is 0 Å². The summed E-state index contributed by atoms with van der Waals surface area (Å²) < 4.78 is 5.47. The van der Waals surface area contributed by atoms with Crippen molar-refractivity contribution in [2.75, 3.05) is 19.7 Å². The van der Waals surface area contributed by atoms with Gasteiger partial charge in [0.2, 0.25) is 5.91 Å². The van der Waals surface area contributed by atoms with Crippen LogP contribution in [0.1, 0.15) is 20.3 Å². The maximum absolute atomic E-state index is 11.4. The molecule has 1 rings (SSSR count). The molecule has 13 heavy (non-hydrogen) atoms. The van der Waals surface area contributed by atoms with Gasteiger partial charge in [-0.15, -0.1) is 0 Å². The predicted molar refractivity (Wildman–Crippen MR) is 51.4 cm³/mol. The molecule has 1 fully saturated rings. The monoisotopic (exact) mass is 183 g/mol. The number of ether oxygens (including phenoxy) is 1. The molecule has 1 saturated heterocycles. The fourth-order valence-electron chi connectivity index (χ4n) is 1.41. The third kappa shape index (κ3) is 2.84. The van der Waals surface area contributed by atoms with Crippen LogP contribution in [0, 0.1) is 0 Å². The summed E-state index contributed by atoms with van der Waals surface area (Å²) in [5.74, 6) is 0.101. The van der Waals surface area contributed by atoms with Crippen LogP contribution in [0.3, 0.4) is 0 Å². The van der Waals surface area contributed by atoms with Crippen molar-refractivity contribution < 1.29 is 9.53 Å². The number of hydrogen-bond donors (Lipinski definition) is 0. The summed E-state index contributed by atoms with van der Waals surface area (Å²) in [6.45, 7) is 6.06. The summed E-state index contributed by atoms with van der Waals surface area (Å²) in [4.78, 5) is 13.3. The Morgan fingerprint density at radius 2 is 2.46 bits per heavy atom. The smallest absolute Gasteiger partial charge is 0.246 e. The van der Waals surface area contributed by atoms with E-state index in [4.69, 9.17) is 4.74 Å². The molecular weight excluding hydrogens is 166 g/mol. The molecule has 0 aromatic carbocycles. The highest BCUT2D eigenvalue weighted by Gasteiger charge is 2.20. The van der Waals surface area contributed by atoms with Crippen LogP contribution >= 0.6 is 0 Å². The Kier molecular flexibility index (Phi) is 3.96. The predicted octanol–water partition coefficient (Wildman–Crippen LogP) is 1.20. The molecule has 1 aliphatic rings. The van der Waals surface area contributed by atoms with E-state index >= 15 is 0 Å². The van der Waals surface area contributed by atoms with Crippen LogP contribution in [-0.4, -0.2) is 36.6 Å². The minimum Gasteiger partial charge on any atom is -0.375 e. The summed E-state index contributed by atoms with van der Waals surface area (Å²) in [7, 11) is 0. The van der Waals surface area contributed by atoms with Gasteiger partial charge in [-0.1, -0.05) is 13.0 Å². The van der Waals surface area contributed by atoms with Crippen LogP contribution in [0.4, 0.5) is 0 Å². The maximum Gasteiger partial charge on any atom is 0.246 e. The summed E-state index contributed by atoms with van der Waals surface area (Å²) >= 11 is 0. The molecule has 0 aliphatic carbocycles. The van der Waals surface area contributed by atoms with Crippen LogP contribution in [0.25, 0.3) is 0 Å². The van der Waals surface area contributed by atoms with Gasteiger partial charge in [-0.25, -0.2) is 0 Å². The minimum absolute atomic E-state index is 0.101. The topological polar surface area (TPSA) is 29.5 Å². The van der Waals surface area contributed by atoms with Gasteiger partial charge in [-0.05, 0) is 19.4 Å². The molecule has 1 heterocycles. The van der Waals surface area contributed by atoms with E-state index in [2.05, 4.69) is 6.92 Å². The highest BCUT2D eigenvalue weighted by Crippen LogP contribution is 2.08. The zero-order valence-electron chi connectivity index (χ0n) is 8.32. The average Bonchev–Trinajstić information content (AvgIpc) is 2.18. The Labute approximate surface area is 79.4 Å². The van der Waals surface area contributed by atoms with Gasteiger partial charge in [0.05, 0.1) is 12.7 Å². The molecule has 0 radical (unpaired) electrons. The van der Waals surface area contributed by atoms with Crippen molar-refractivity contribution in [3.8, 4) is 0 Å². The van der Waals surface area contributed by atoms with E-state index in [-0.39, 0.29) is 12.0 Å². The summed E-state index contributed by atoms with van der Waals surface area (Å²) in [5.41, 5.74) is 0. The molecule has 3 nitrogen and oxygen atoms in total. The van der Waals surface area contributed by atoms with Crippen LogP contribution < -0.4 is 0 Å². The molecule has 1 aliphatic heterocycles. The molecule has 74 valence electrons. The summed E-state index contributed by atoms with van der Waals surface area (Å²) in [6.07, 6.45) is 4.58. The Balaban J connectivity index is 2.46. The van der Waals surface area contributed by atoms with Crippen LogP contribution in [0.5, 0.6) is 0 Å². The van der Waals surface area contributed by atoms with Gasteiger partial charge in [0.15, 0.2) is 0 Å². The molecule has 1 atom stereocenters. The van der Waals surface area contributed by atoms with Crippen molar-refractivity contribution in [1.82, 2.24) is 4.90 Å². The van der Waals surface area contributed by atoms with E-state index in [1.165, 1.54) is 0 Å². The van der Waals surface area contributed by atoms with Gasteiger partial charge >= 0.3 is 0 Å². The second-order valence-electron chi connectivity index (χ2n) is 3.19. The zero-order chi connectivity index (χ0) is 9.68. The lowest BCUT2D eigenvalue weighted by molar-refractivity contribution is -0.133. The lowest BCUT2D eigenvalue weighted by atomic mass is 10.2. The molecule has 0 bridgehead atoms. The third-order valence-corrected chi connectivity index (χ3v) is 2.22. The first-order valence-corrected chi connectivity index (χ1v) is 4.81. The number of nitrogens with zero attached hydrogens (tertiary/aromatic N) is 1. The number of carbonyl (C=O) groups excluding carboxylic acids is 1.